The highest BCUT2D eigenvalue weighted by Crippen LogP contribution is 2.21. The van der Waals surface area contributed by atoms with Crippen molar-refractivity contribution in [3.05, 3.63) is 59.7 Å². The fraction of sp³-hybridized carbons (Fsp3) is 0.235. The number of ketones is 1. The number of hydrogen-bond donors (Lipinski definition) is 0. The molecule has 0 aliphatic carbocycles. The molecule has 0 spiro atoms. The van der Waals surface area contributed by atoms with Crippen molar-refractivity contribution >= 4 is 29.3 Å². The van der Waals surface area contributed by atoms with E-state index in [-0.39, 0.29) is 5.78 Å². The van der Waals surface area contributed by atoms with E-state index in [1.165, 1.54) is 9.79 Å². The van der Waals surface area contributed by atoms with Gasteiger partial charge < -0.3 is 0 Å². The van der Waals surface area contributed by atoms with Crippen LogP contribution in [0.15, 0.2) is 58.3 Å². The molecule has 0 radical (unpaired) electrons. The molecule has 0 N–H and O–H groups in total. The van der Waals surface area contributed by atoms with E-state index in [0.717, 1.165) is 22.6 Å². The standard InChI is InChI=1S/C17H18OS2/c1-3-19-15-9-5-13(6-10-15)17(18)14-7-11-16(12-8-14)20-4-2/h5-12H,3-4H2,1-2H3. The Bertz CT molecular complexity index is 507. The molecule has 0 saturated carbocycles. The fourth-order valence-corrected chi connectivity index (χ4v) is 3.23. The molecule has 0 unspecified atom stereocenters. The van der Waals surface area contributed by atoms with Gasteiger partial charge in [-0.1, -0.05) is 13.8 Å². The molecule has 0 bridgehead atoms. The Morgan fingerprint density at radius 3 is 1.40 bits per heavy atom. The molecule has 2 rings (SSSR count). The number of carbonyl (C=O) groups is 1. The second kappa shape index (κ2) is 7.55. The molecular weight excluding hydrogens is 284 g/mol. The van der Waals surface area contributed by atoms with Crippen LogP contribution in [-0.4, -0.2) is 17.3 Å². The van der Waals surface area contributed by atoms with Gasteiger partial charge in [0, 0.05) is 20.9 Å². The van der Waals surface area contributed by atoms with Crippen LogP contribution in [0.4, 0.5) is 0 Å². The minimum absolute atomic E-state index is 0.0890. The van der Waals surface area contributed by atoms with Gasteiger partial charge in [0.05, 0.1) is 0 Å². The molecule has 0 heterocycles. The smallest absolute Gasteiger partial charge is 0.193 e. The first-order valence-electron chi connectivity index (χ1n) is 6.75. The van der Waals surface area contributed by atoms with Gasteiger partial charge in [-0.25, -0.2) is 0 Å². The van der Waals surface area contributed by atoms with Gasteiger partial charge >= 0.3 is 0 Å². The maximum Gasteiger partial charge on any atom is 0.193 e. The summed E-state index contributed by atoms with van der Waals surface area (Å²) in [5.74, 6) is 2.18. The molecule has 2 aromatic rings. The zero-order valence-corrected chi connectivity index (χ0v) is 13.4. The normalized spacial score (nSPS) is 10.5. The first-order valence-corrected chi connectivity index (χ1v) is 8.72. The lowest BCUT2D eigenvalue weighted by Crippen LogP contribution is -2.00. The average molecular weight is 302 g/mol. The van der Waals surface area contributed by atoms with Gasteiger partial charge in [0.15, 0.2) is 5.78 Å². The van der Waals surface area contributed by atoms with Crippen LogP contribution in [0.2, 0.25) is 0 Å². The summed E-state index contributed by atoms with van der Waals surface area (Å²) in [6.07, 6.45) is 0. The van der Waals surface area contributed by atoms with Gasteiger partial charge in [-0.05, 0) is 60.0 Å². The topological polar surface area (TPSA) is 17.1 Å². The van der Waals surface area contributed by atoms with Crippen molar-refractivity contribution in [2.75, 3.05) is 11.5 Å². The van der Waals surface area contributed by atoms with E-state index >= 15 is 0 Å². The second-order valence-electron chi connectivity index (χ2n) is 4.24. The Hall–Kier alpha value is -1.19. The Labute approximate surface area is 129 Å². The van der Waals surface area contributed by atoms with E-state index in [0.29, 0.717) is 0 Å². The van der Waals surface area contributed by atoms with Crippen LogP contribution in [0, 0.1) is 0 Å². The number of benzene rings is 2. The highest BCUT2D eigenvalue weighted by atomic mass is 32.2. The van der Waals surface area contributed by atoms with E-state index in [4.69, 9.17) is 0 Å². The van der Waals surface area contributed by atoms with Gasteiger partial charge in [-0.2, -0.15) is 0 Å². The van der Waals surface area contributed by atoms with Crippen molar-refractivity contribution in [1.29, 1.82) is 0 Å². The maximum atomic E-state index is 12.4. The quantitative estimate of drug-likeness (QED) is 0.543. The molecule has 0 aliphatic heterocycles. The largest absolute Gasteiger partial charge is 0.289 e. The van der Waals surface area contributed by atoms with Crippen LogP contribution < -0.4 is 0 Å². The predicted octanol–water partition coefficient (Wildman–Crippen LogP) is 5.14. The Balaban J connectivity index is 2.13. The second-order valence-corrected chi connectivity index (χ2v) is 6.92. The minimum Gasteiger partial charge on any atom is -0.289 e. The van der Waals surface area contributed by atoms with Gasteiger partial charge in [0.1, 0.15) is 0 Å². The fourth-order valence-electron chi connectivity index (χ4n) is 1.91. The molecule has 1 nitrogen and oxygen atoms in total. The predicted molar refractivity (Wildman–Crippen MR) is 89.1 cm³/mol. The van der Waals surface area contributed by atoms with Crippen molar-refractivity contribution in [3.63, 3.8) is 0 Å². The highest BCUT2D eigenvalue weighted by Gasteiger charge is 2.08. The third-order valence-electron chi connectivity index (χ3n) is 2.86. The summed E-state index contributed by atoms with van der Waals surface area (Å²) in [6, 6.07) is 15.7. The molecule has 0 aliphatic rings. The van der Waals surface area contributed by atoms with Crippen molar-refractivity contribution in [2.45, 2.75) is 23.6 Å². The van der Waals surface area contributed by atoms with E-state index in [9.17, 15) is 4.79 Å². The summed E-state index contributed by atoms with van der Waals surface area (Å²) < 4.78 is 0. The number of hydrogen-bond acceptors (Lipinski definition) is 3. The van der Waals surface area contributed by atoms with E-state index < -0.39 is 0 Å². The zero-order chi connectivity index (χ0) is 14.4. The van der Waals surface area contributed by atoms with Gasteiger partial charge in [0.25, 0.3) is 0 Å². The maximum absolute atomic E-state index is 12.4. The summed E-state index contributed by atoms with van der Waals surface area (Å²) in [5.41, 5.74) is 1.50. The lowest BCUT2D eigenvalue weighted by atomic mass is 10.0. The van der Waals surface area contributed by atoms with Crippen LogP contribution in [0.25, 0.3) is 0 Å². The van der Waals surface area contributed by atoms with Gasteiger partial charge in [-0.15, -0.1) is 23.5 Å². The molecule has 104 valence electrons. The van der Waals surface area contributed by atoms with E-state index in [1.54, 1.807) is 23.5 Å². The molecule has 0 atom stereocenters. The number of rotatable bonds is 6. The zero-order valence-electron chi connectivity index (χ0n) is 11.8. The molecular formula is C17H18OS2. The van der Waals surface area contributed by atoms with Crippen LogP contribution in [0.1, 0.15) is 29.8 Å². The molecule has 0 saturated heterocycles. The molecule has 0 fully saturated rings. The highest BCUT2D eigenvalue weighted by molar-refractivity contribution is 7.99. The third kappa shape index (κ3) is 3.90. The van der Waals surface area contributed by atoms with Crippen LogP contribution >= 0.6 is 23.5 Å². The minimum atomic E-state index is 0.0890. The lowest BCUT2D eigenvalue weighted by Gasteiger charge is -2.04. The van der Waals surface area contributed by atoms with Crippen LogP contribution in [0.5, 0.6) is 0 Å². The summed E-state index contributed by atoms with van der Waals surface area (Å²) in [4.78, 5) is 14.8. The number of carbonyl (C=O) groups excluding carboxylic acids is 1. The van der Waals surface area contributed by atoms with Crippen LogP contribution in [-0.2, 0) is 0 Å². The molecule has 0 amide bonds. The summed E-state index contributed by atoms with van der Waals surface area (Å²) in [5, 5.41) is 0. The summed E-state index contributed by atoms with van der Waals surface area (Å²) in [6.45, 7) is 4.25. The third-order valence-corrected chi connectivity index (χ3v) is 4.64. The van der Waals surface area contributed by atoms with E-state index in [2.05, 4.69) is 13.8 Å². The first-order chi connectivity index (χ1) is 9.74. The lowest BCUT2D eigenvalue weighted by molar-refractivity contribution is 0.103. The van der Waals surface area contributed by atoms with E-state index in [1.807, 2.05) is 48.5 Å². The molecule has 3 heteroatoms. The molecule has 2 aromatic carbocycles. The van der Waals surface area contributed by atoms with Crippen molar-refractivity contribution in [2.24, 2.45) is 0 Å². The van der Waals surface area contributed by atoms with Crippen LogP contribution in [0.3, 0.4) is 0 Å². The molecule has 20 heavy (non-hydrogen) atoms. The Kier molecular flexibility index (Phi) is 5.74. The first kappa shape index (κ1) is 15.2. The monoisotopic (exact) mass is 302 g/mol. The number of thioether (sulfide) groups is 2. The Morgan fingerprint density at radius 2 is 1.10 bits per heavy atom. The summed E-state index contributed by atoms with van der Waals surface area (Å²) >= 11 is 3.57. The Morgan fingerprint density at radius 1 is 0.750 bits per heavy atom. The SMILES string of the molecule is CCSc1ccc(C(=O)c2ccc(SCC)cc2)cc1. The van der Waals surface area contributed by atoms with Gasteiger partial charge in [-0.3, -0.25) is 4.79 Å². The average Bonchev–Trinajstić information content (AvgIpc) is 2.49. The van der Waals surface area contributed by atoms with Crippen molar-refractivity contribution < 1.29 is 4.79 Å². The molecule has 0 aromatic heterocycles. The van der Waals surface area contributed by atoms with Crippen molar-refractivity contribution in [3.8, 4) is 0 Å². The van der Waals surface area contributed by atoms with Crippen molar-refractivity contribution in [1.82, 2.24) is 0 Å². The summed E-state index contributed by atoms with van der Waals surface area (Å²) in [7, 11) is 0. The van der Waals surface area contributed by atoms with Gasteiger partial charge in [0.2, 0.25) is 0 Å².